The Kier molecular flexibility index (Phi) is 3.82. The Morgan fingerprint density at radius 2 is 2.00 bits per heavy atom. The number of aliphatic carboxylic acids is 1. The van der Waals surface area contributed by atoms with Crippen LogP contribution in [-0.2, 0) is 11.2 Å². The van der Waals surface area contributed by atoms with Crippen LogP contribution in [0.3, 0.4) is 0 Å². The van der Waals surface area contributed by atoms with Gasteiger partial charge in [-0.2, -0.15) is 0 Å². The summed E-state index contributed by atoms with van der Waals surface area (Å²) in [4.78, 5) is 10.4. The maximum atomic E-state index is 10.4. The van der Waals surface area contributed by atoms with Crippen molar-refractivity contribution in [1.82, 2.24) is 0 Å². The Morgan fingerprint density at radius 3 is 2.46 bits per heavy atom. The third kappa shape index (κ3) is 3.41. The van der Waals surface area contributed by atoms with Crippen LogP contribution in [0.5, 0.6) is 0 Å². The number of nitrogens with two attached hydrogens (primary N) is 1. The molecule has 13 heavy (non-hydrogen) atoms. The Morgan fingerprint density at radius 1 is 1.46 bits per heavy atom. The van der Waals surface area contributed by atoms with Gasteiger partial charge in [0.1, 0.15) is 0 Å². The Labute approximate surface area is 91.8 Å². The number of hydrogen-bond donors (Lipinski definition) is 2. The van der Waals surface area contributed by atoms with Crippen LogP contribution < -0.4 is 9.01 Å². The molecule has 1 aromatic rings. The normalized spacial score (nSPS) is 12.5. The monoisotopic (exact) mass is 375 g/mol. The molecule has 70 valence electrons. The van der Waals surface area contributed by atoms with E-state index in [2.05, 4.69) is 0 Å². The second-order valence-electron chi connectivity index (χ2n) is 2.78. The molecule has 0 aliphatic heterocycles. The van der Waals surface area contributed by atoms with Crippen LogP contribution in [0.1, 0.15) is 5.56 Å². The van der Waals surface area contributed by atoms with Gasteiger partial charge in [-0.15, -0.1) is 0 Å². The van der Waals surface area contributed by atoms with Crippen molar-refractivity contribution in [2.45, 2.75) is 12.5 Å². The molecule has 0 heterocycles. The van der Waals surface area contributed by atoms with E-state index in [0.717, 1.165) is 5.56 Å². The third-order valence-electron chi connectivity index (χ3n) is 1.69. The molecule has 0 spiro atoms. The van der Waals surface area contributed by atoms with Crippen LogP contribution in [0.4, 0.5) is 0 Å². The first-order valence-electron chi connectivity index (χ1n) is 3.82. The summed E-state index contributed by atoms with van der Waals surface area (Å²) in [6, 6.07) is 6.98. The van der Waals surface area contributed by atoms with Gasteiger partial charge in [0.05, 0.1) is 0 Å². The minimum absolute atomic E-state index is 0.391. The Hall–Kier alpha value is -0.467. The number of carboxylic acid groups (broad SMARTS) is 1. The van der Waals surface area contributed by atoms with Crippen LogP contribution in [0.25, 0.3) is 0 Å². The second-order valence-corrected chi connectivity index (χ2v) is 4.47. The molecule has 1 rings (SSSR count). The average Bonchev–Trinajstić information content (AvgIpc) is 2.08. The van der Waals surface area contributed by atoms with E-state index in [9.17, 15) is 4.79 Å². The van der Waals surface area contributed by atoms with Crippen molar-refractivity contribution in [1.29, 1.82) is 0 Å². The van der Waals surface area contributed by atoms with Gasteiger partial charge in [0.15, 0.2) is 0 Å². The van der Waals surface area contributed by atoms with Crippen LogP contribution in [0.15, 0.2) is 24.3 Å². The van der Waals surface area contributed by atoms with Crippen molar-refractivity contribution in [2.75, 3.05) is 0 Å². The van der Waals surface area contributed by atoms with Crippen molar-refractivity contribution in [3.8, 4) is 0 Å². The zero-order valence-electron chi connectivity index (χ0n) is 6.90. The first-order chi connectivity index (χ1) is 6.09. The van der Waals surface area contributed by atoms with Gasteiger partial charge < -0.3 is 0 Å². The van der Waals surface area contributed by atoms with Gasteiger partial charge in [-0.3, -0.25) is 0 Å². The SMILES string of the molecule is N[C@@H](Cc1ccc([211At])cc1)C(=O)O. The topological polar surface area (TPSA) is 63.3 Å². The van der Waals surface area contributed by atoms with Gasteiger partial charge in [-0.1, -0.05) is 0 Å². The van der Waals surface area contributed by atoms with Gasteiger partial charge in [0.25, 0.3) is 0 Å². The first kappa shape index (κ1) is 10.6. The second kappa shape index (κ2) is 4.68. The first-order valence-corrected chi connectivity index (χ1v) is 5.29. The van der Waals surface area contributed by atoms with Crippen molar-refractivity contribution in [2.24, 2.45) is 5.73 Å². The molecular formula is C9H10AtNO2. The number of carboxylic acids is 1. The molecule has 0 fully saturated rings. The molecule has 0 saturated carbocycles. The van der Waals surface area contributed by atoms with E-state index < -0.39 is 12.0 Å². The summed E-state index contributed by atoms with van der Waals surface area (Å²) in [5.41, 5.74) is 6.36. The van der Waals surface area contributed by atoms with E-state index in [0.29, 0.717) is 6.42 Å². The zero-order valence-corrected chi connectivity index (χ0v) is 9.84. The molecule has 0 unspecified atom stereocenters. The quantitative estimate of drug-likeness (QED) is 0.771. The van der Waals surface area contributed by atoms with Crippen molar-refractivity contribution < 1.29 is 34.6 Å². The summed E-state index contributed by atoms with van der Waals surface area (Å²) in [5, 5.41) is 8.58. The average molecular weight is 375 g/mol. The fraction of sp³-hybridized carbons (Fsp3) is 0.222. The molecule has 0 saturated heterocycles. The van der Waals surface area contributed by atoms with E-state index >= 15 is 0 Å². The molecule has 3 nitrogen and oxygen atoms in total. The van der Waals surface area contributed by atoms with Crippen LogP contribution in [0.2, 0.25) is 0 Å². The molecule has 1 aromatic carbocycles. The number of benzene rings is 1. The van der Waals surface area contributed by atoms with E-state index in [4.69, 9.17) is 10.8 Å². The maximum absolute atomic E-state index is 10.4. The zero-order chi connectivity index (χ0) is 9.84. The minimum atomic E-state index is -0.954. The number of carbonyl (C=O) groups is 1. The summed E-state index contributed by atoms with van der Waals surface area (Å²) in [5.74, 6) is -0.954. The van der Waals surface area contributed by atoms with E-state index in [1.165, 1.54) is 3.27 Å². The fourth-order valence-electron chi connectivity index (χ4n) is 0.962. The van der Waals surface area contributed by atoms with E-state index in [1.54, 1.807) is 24.7 Å². The summed E-state index contributed by atoms with van der Waals surface area (Å²) in [7, 11) is 0. The van der Waals surface area contributed by atoms with Crippen molar-refractivity contribution in [3.63, 3.8) is 0 Å². The van der Waals surface area contributed by atoms with E-state index in [1.807, 2.05) is 24.3 Å². The van der Waals surface area contributed by atoms with Gasteiger partial charge in [-0.05, 0) is 0 Å². The van der Waals surface area contributed by atoms with Gasteiger partial charge >= 0.3 is 91.9 Å². The molecule has 1 atom stereocenters. The van der Waals surface area contributed by atoms with Crippen molar-refractivity contribution in [3.05, 3.63) is 29.8 Å². The van der Waals surface area contributed by atoms with Crippen molar-refractivity contribution >= 4 is 9.24 Å². The van der Waals surface area contributed by atoms with Gasteiger partial charge in [0.2, 0.25) is 0 Å². The molecule has 0 bridgehead atoms. The number of rotatable bonds is 3. The Balaban J connectivity index is 2.64. The molecule has 4 heteroatoms. The summed E-state index contributed by atoms with van der Waals surface area (Å²) < 4.78 is 1.22. The van der Waals surface area contributed by atoms with Gasteiger partial charge in [0, 0.05) is 0 Å². The third-order valence-corrected chi connectivity index (χ3v) is 2.67. The molecular weight excluding hydrogens is 365 g/mol. The van der Waals surface area contributed by atoms with Crippen LogP contribution in [-0.4, -0.2) is 17.1 Å². The molecule has 0 aromatic heterocycles. The summed E-state index contributed by atoms with van der Waals surface area (Å²) in [6.45, 7) is 0. The fourth-order valence-corrected chi connectivity index (χ4v) is 1.45. The summed E-state index contributed by atoms with van der Waals surface area (Å²) >= 11 is 1.60. The van der Waals surface area contributed by atoms with Crippen LogP contribution in [0, 0.1) is 24.7 Å². The van der Waals surface area contributed by atoms with E-state index in [-0.39, 0.29) is 0 Å². The predicted molar refractivity (Wildman–Crippen MR) is 45.4 cm³/mol. The molecule has 0 amide bonds. The molecule has 0 aliphatic carbocycles. The summed E-state index contributed by atoms with van der Waals surface area (Å²) in [6.07, 6.45) is 0.391. The van der Waals surface area contributed by atoms with Crippen LogP contribution >= 0.6 is 0 Å². The van der Waals surface area contributed by atoms with Gasteiger partial charge in [-0.25, -0.2) is 0 Å². The standard InChI is InChI=1S/C9H10AtNO2/c10-7-3-1-6(2-4-7)5-8(11)9(12)13/h1-4,8H,5,11H2,(H,12,13)/t8-/m0/s1/i10+1. The predicted octanol–water partition coefficient (Wildman–Crippen LogP) is -0.184. The molecule has 0 radical (unpaired) electrons. The molecule has 0 aliphatic rings. The Bertz CT molecular complexity index is 297. The molecule has 3 N–H and O–H groups in total. The number of hydrogen-bond acceptors (Lipinski definition) is 2.